The van der Waals surface area contributed by atoms with Crippen LogP contribution >= 0.6 is 0 Å². The molecule has 6 nitrogen and oxygen atoms in total. The van der Waals surface area contributed by atoms with Gasteiger partial charge in [0, 0.05) is 11.8 Å². The molecular weight excluding hydrogens is 392 g/mol. The predicted octanol–water partition coefficient (Wildman–Crippen LogP) is 5.00. The first-order chi connectivity index (χ1) is 15.1. The minimum Gasteiger partial charge on any atom is -0.497 e. The lowest BCUT2D eigenvalue weighted by Crippen LogP contribution is -2.17. The van der Waals surface area contributed by atoms with E-state index in [0.29, 0.717) is 23.5 Å². The number of para-hydroxylation sites is 1. The molecule has 0 fully saturated rings. The lowest BCUT2D eigenvalue weighted by atomic mass is 10.1. The van der Waals surface area contributed by atoms with Crippen molar-refractivity contribution in [2.24, 2.45) is 0 Å². The number of ether oxygens (including phenoxy) is 2. The van der Waals surface area contributed by atoms with E-state index < -0.39 is 0 Å². The first-order valence-electron chi connectivity index (χ1n) is 9.85. The van der Waals surface area contributed by atoms with Crippen molar-refractivity contribution in [2.45, 2.75) is 6.92 Å². The van der Waals surface area contributed by atoms with E-state index in [0.717, 1.165) is 17.1 Å². The number of carbonyl (C=O) groups excluding carboxylic acids is 2. The summed E-state index contributed by atoms with van der Waals surface area (Å²) < 4.78 is 10.5. The third-order valence-electron chi connectivity index (χ3n) is 4.40. The normalized spacial score (nSPS) is 10.5. The summed E-state index contributed by atoms with van der Waals surface area (Å²) in [6.45, 7) is 2.48. The molecule has 0 saturated heterocycles. The topological polar surface area (TPSA) is 76.7 Å². The minimum absolute atomic E-state index is 0.320. The van der Waals surface area contributed by atoms with Crippen molar-refractivity contribution in [3.05, 3.63) is 90.0 Å². The summed E-state index contributed by atoms with van der Waals surface area (Å²) in [5, 5.41) is 5.60. The van der Waals surface area contributed by atoms with Crippen LogP contribution in [0.4, 0.5) is 11.4 Å². The maximum atomic E-state index is 12.7. The third-order valence-corrected chi connectivity index (χ3v) is 4.40. The molecule has 0 aliphatic heterocycles. The maximum absolute atomic E-state index is 12.7. The van der Waals surface area contributed by atoms with Gasteiger partial charge in [-0.3, -0.25) is 9.59 Å². The molecule has 31 heavy (non-hydrogen) atoms. The predicted molar refractivity (Wildman–Crippen MR) is 123 cm³/mol. The summed E-state index contributed by atoms with van der Waals surface area (Å²) in [4.78, 5) is 25.1. The van der Waals surface area contributed by atoms with Gasteiger partial charge in [0.2, 0.25) is 5.91 Å². The van der Waals surface area contributed by atoms with Crippen LogP contribution in [0.15, 0.2) is 78.9 Å². The number of benzene rings is 3. The van der Waals surface area contributed by atoms with E-state index in [9.17, 15) is 9.59 Å². The second-order valence-electron chi connectivity index (χ2n) is 6.55. The molecule has 6 heteroatoms. The van der Waals surface area contributed by atoms with E-state index in [1.807, 2.05) is 31.2 Å². The summed E-state index contributed by atoms with van der Waals surface area (Å²) in [5.74, 6) is 0.821. The Hall–Kier alpha value is -4.06. The van der Waals surface area contributed by atoms with Crippen LogP contribution in [-0.2, 0) is 4.79 Å². The Morgan fingerprint density at radius 1 is 0.871 bits per heavy atom. The Kier molecular flexibility index (Phi) is 7.43. The molecule has 0 aliphatic carbocycles. The summed E-state index contributed by atoms with van der Waals surface area (Å²) in [6, 6.07) is 21.3. The Morgan fingerprint density at radius 3 is 2.23 bits per heavy atom. The molecule has 0 unspecified atom stereocenters. The fraction of sp³-hybridized carbons (Fsp3) is 0.120. The van der Waals surface area contributed by atoms with Crippen molar-refractivity contribution in [1.29, 1.82) is 0 Å². The van der Waals surface area contributed by atoms with Gasteiger partial charge in [0.1, 0.15) is 11.5 Å². The van der Waals surface area contributed by atoms with Crippen molar-refractivity contribution in [3.63, 3.8) is 0 Å². The zero-order valence-corrected chi connectivity index (χ0v) is 17.4. The highest BCUT2D eigenvalue weighted by Gasteiger charge is 2.12. The number of rotatable bonds is 8. The molecule has 0 aromatic heterocycles. The second kappa shape index (κ2) is 10.6. The standard InChI is InChI=1S/C25H24N2O4/c1-3-31-21-15-11-19(12-16-21)26-25(29)22-6-4-5-7-23(22)27-24(28)17-10-18-8-13-20(30-2)14-9-18/h4-17H,3H2,1-2H3,(H,26,29)(H,27,28)/b17-10+. The van der Waals surface area contributed by atoms with Crippen LogP contribution in [0, 0.1) is 0 Å². The molecule has 0 atom stereocenters. The number of hydrogen-bond donors (Lipinski definition) is 2. The number of amides is 2. The molecule has 2 N–H and O–H groups in total. The van der Waals surface area contributed by atoms with E-state index in [1.165, 1.54) is 6.08 Å². The van der Waals surface area contributed by atoms with Crippen molar-refractivity contribution < 1.29 is 19.1 Å². The Balaban J connectivity index is 1.66. The molecule has 3 aromatic carbocycles. The fourth-order valence-electron chi connectivity index (χ4n) is 2.85. The van der Waals surface area contributed by atoms with Crippen LogP contribution < -0.4 is 20.1 Å². The number of carbonyl (C=O) groups is 2. The number of nitrogens with one attached hydrogen (secondary N) is 2. The molecule has 0 heterocycles. The molecule has 0 spiro atoms. The number of anilines is 2. The molecule has 2 amide bonds. The summed E-state index contributed by atoms with van der Waals surface area (Å²) in [7, 11) is 1.60. The van der Waals surface area contributed by atoms with Crippen LogP contribution in [-0.4, -0.2) is 25.5 Å². The zero-order valence-electron chi connectivity index (χ0n) is 17.4. The largest absolute Gasteiger partial charge is 0.497 e. The monoisotopic (exact) mass is 416 g/mol. The van der Waals surface area contributed by atoms with Gasteiger partial charge < -0.3 is 20.1 Å². The van der Waals surface area contributed by atoms with Crippen LogP contribution in [0.3, 0.4) is 0 Å². The first-order valence-corrected chi connectivity index (χ1v) is 9.85. The lowest BCUT2D eigenvalue weighted by molar-refractivity contribution is -0.111. The van der Waals surface area contributed by atoms with E-state index in [2.05, 4.69) is 10.6 Å². The van der Waals surface area contributed by atoms with Gasteiger partial charge in [0.05, 0.1) is 25.0 Å². The summed E-state index contributed by atoms with van der Waals surface area (Å²) in [6.07, 6.45) is 3.11. The summed E-state index contributed by atoms with van der Waals surface area (Å²) >= 11 is 0. The van der Waals surface area contributed by atoms with Gasteiger partial charge in [-0.2, -0.15) is 0 Å². The van der Waals surface area contributed by atoms with Gasteiger partial charge in [-0.05, 0) is 67.1 Å². The van der Waals surface area contributed by atoms with Crippen molar-refractivity contribution >= 4 is 29.3 Å². The van der Waals surface area contributed by atoms with Crippen LogP contribution in [0.1, 0.15) is 22.8 Å². The fourth-order valence-corrected chi connectivity index (χ4v) is 2.85. The molecular formula is C25H24N2O4. The average Bonchev–Trinajstić information content (AvgIpc) is 2.80. The number of methoxy groups -OCH3 is 1. The van der Waals surface area contributed by atoms with E-state index in [1.54, 1.807) is 61.7 Å². The molecule has 0 aliphatic rings. The van der Waals surface area contributed by atoms with E-state index >= 15 is 0 Å². The highest BCUT2D eigenvalue weighted by Crippen LogP contribution is 2.20. The highest BCUT2D eigenvalue weighted by atomic mass is 16.5. The Labute approximate surface area is 181 Å². The molecule has 3 rings (SSSR count). The lowest BCUT2D eigenvalue weighted by Gasteiger charge is -2.11. The molecule has 0 saturated carbocycles. The maximum Gasteiger partial charge on any atom is 0.257 e. The van der Waals surface area contributed by atoms with Crippen LogP contribution in [0.2, 0.25) is 0 Å². The Morgan fingerprint density at radius 2 is 1.55 bits per heavy atom. The highest BCUT2D eigenvalue weighted by molar-refractivity contribution is 6.11. The van der Waals surface area contributed by atoms with Gasteiger partial charge in [-0.1, -0.05) is 24.3 Å². The van der Waals surface area contributed by atoms with Gasteiger partial charge in [0.15, 0.2) is 0 Å². The second-order valence-corrected chi connectivity index (χ2v) is 6.55. The van der Waals surface area contributed by atoms with Crippen molar-refractivity contribution in [3.8, 4) is 11.5 Å². The van der Waals surface area contributed by atoms with Crippen molar-refractivity contribution in [1.82, 2.24) is 0 Å². The SMILES string of the molecule is CCOc1ccc(NC(=O)c2ccccc2NC(=O)/C=C/c2ccc(OC)cc2)cc1. The van der Waals surface area contributed by atoms with E-state index in [-0.39, 0.29) is 11.8 Å². The third kappa shape index (κ3) is 6.21. The molecule has 158 valence electrons. The van der Waals surface area contributed by atoms with Crippen LogP contribution in [0.25, 0.3) is 6.08 Å². The van der Waals surface area contributed by atoms with Gasteiger partial charge in [-0.15, -0.1) is 0 Å². The zero-order chi connectivity index (χ0) is 22.1. The average molecular weight is 416 g/mol. The quantitative estimate of drug-likeness (QED) is 0.507. The van der Waals surface area contributed by atoms with Gasteiger partial charge in [-0.25, -0.2) is 0 Å². The van der Waals surface area contributed by atoms with Crippen molar-refractivity contribution in [2.75, 3.05) is 24.4 Å². The van der Waals surface area contributed by atoms with E-state index in [4.69, 9.17) is 9.47 Å². The Bertz CT molecular complexity index is 1060. The van der Waals surface area contributed by atoms with Gasteiger partial charge >= 0.3 is 0 Å². The summed E-state index contributed by atoms with van der Waals surface area (Å²) in [5.41, 5.74) is 2.28. The first kappa shape index (κ1) is 21.6. The number of hydrogen-bond acceptors (Lipinski definition) is 4. The smallest absolute Gasteiger partial charge is 0.257 e. The van der Waals surface area contributed by atoms with Gasteiger partial charge in [0.25, 0.3) is 5.91 Å². The van der Waals surface area contributed by atoms with Crippen LogP contribution in [0.5, 0.6) is 11.5 Å². The molecule has 0 bridgehead atoms. The molecule has 0 radical (unpaired) electrons. The minimum atomic E-state index is -0.336. The molecule has 3 aromatic rings.